The molecule has 0 saturated carbocycles. The Labute approximate surface area is 129 Å². The highest BCUT2D eigenvalue weighted by Crippen LogP contribution is 2.17. The Balaban J connectivity index is 2.06. The van der Waals surface area contributed by atoms with Gasteiger partial charge in [-0.15, -0.1) is 0 Å². The van der Waals surface area contributed by atoms with Crippen molar-refractivity contribution in [2.24, 2.45) is 0 Å². The van der Waals surface area contributed by atoms with Crippen LogP contribution in [0, 0.1) is 5.82 Å². The van der Waals surface area contributed by atoms with Crippen molar-refractivity contribution in [1.29, 1.82) is 0 Å². The lowest BCUT2D eigenvalue weighted by Crippen LogP contribution is -2.22. The normalized spacial score (nSPS) is 10.4. The topological polar surface area (TPSA) is 42.0 Å². The summed E-state index contributed by atoms with van der Waals surface area (Å²) in [6, 6.07) is 7.03. The van der Waals surface area contributed by atoms with Crippen molar-refractivity contribution in [3.8, 4) is 0 Å². The average molecular weight is 334 g/mol. The van der Waals surface area contributed by atoms with Gasteiger partial charge >= 0.3 is 0 Å². The average Bonchev–Trinajstić information content (AvgIpc) is 2.38. The number of pyridine rings is 1. The fourth-order valence-corrected chi connectivity index (χ4v) is 2.19. The Morgan fingerprint density at radius 2 is 1.80 bits per heavy atom. The van der Waals surface area contributed by atoms with E-state index < -0.39 is 5.82 Å². The van der Waals surface area contributed by atoms with Crippen molar-refractivity contribution < 1.29 is 9.18 Å². The Hall–Kier alpha value is -1.36. The lowest BCUT2D eigenvalue weighted by atomic mass is 10.2. The van der Waals surface area contributed by atoms with E-state index in [9.17, 15) is 9.18 Å². The SMILES string of the molecule is O=C(NCc1ccc(F)c(Cl)c1)c1cc(Cl)nc(Cl)c1. The number of carbonyl (C=O) groups excluding carboxylic acids is 1. The second kappa shape index (κ2) is 6.39. The lowest BCUT2D eigenvalue weighted by molar-refractivity contribution is 0.0951. The Morgan fingerprint density at radius 1 is 1.15 bits per heavy atom. The van der Waals surface area contributed by atoms with Crippen LogP contribution in [0.4, 0.5) is 4.39 Å². The summed E-state index contributed by atoms with van der Waals surface area (Å²) in [7, 11) is 0. The monoisotopic (exact) mass is 332 g/mol. The zero-order chi connectivity index (χ0) is 14.7. The van der Waals surface area contributed by atoms with Gasteiger partial charge in [0.15, 0.2) is 0 Å². The van der Waals surface area contributed by atoms with Gasteiger partial charge in [0.25, 0.3) is 5.91 Å². The molecule has 1 aromatic carbocycles. The third-order valence-corrected chi connectivity index (χ3v) is 3.14. The maximum atomic E-state index is 13.0. The first kappa shape index (κ1) is 15.0. The first-order chi connectivity index (χ1) is 9.45. The van der Waals surface area contributed by atoms with Crippen molar-refractivity contribution in [3.63, 3.8) is 0 Å². The van der Waals surface area contributed by atoms with E-state index in [0.717, 1.165) is 0 Å². The van der Waals surface area contributed by atoms with Gasteiger partial charge in [-0.05, 0) is 29.8 Å². The molecular weight excluding hydrogens is 326 g/mol. The number of hydrogen-bond donors (Lipinski definition) is 1. The van der Waals surface area contributed by atoms with Crippen LogP contribution in [0.3, 0.4) is 0 Å². The van der Waals surface area contributed by atoms with E-state index in [1.54, 1.807) is 0 Å². The molecule has 7 heteroatoms. The van der Waals surface area contributed by atoms with Gasteiger partial charge < -0.3 is 5.32 Å². The highest BCUT2D eigenvalue weighted by molar-refractivity contribution is 6.33. The molecule has 0 radical (unpaired) electrons. The van der Waals surface area contributed by atoms with E-state index >= 15 is 0 Å². The Bertz CT molecular complexity index is 644. The van der Waals surface area contributed by atoms with Gasteiger partial charge in [-0.25, -0.2) is 9.37 Å². The summed E-state index contributed by atoms with van der Waals surface area (Å²) in [6.45, 7) is 0.205. The van der Waals surface area contributed by atoms with E-state index in [1.807, 2.05) is 0 Å². The van der Waals surface area contributed by atoms with Crippen LogP contribution in [0.5, 0.6) is 0 Å². The molecule has 0 aliphatic carbocycles. The molecule has 2 aromatic rings. The van der Waals surface area contributed by atoms with E-state index in [0.29, 0.717) is 11.1 Å². The highest BCUT2D eigenvalue weighted by atomic mass is 35.5. The van der Waals surface area contributed by atoms with Crippen molar-refractivity contribution >= 4 is 40.7 Å². The van der Waals surface area contributed by atoms with Crippen molar-refractivity contribution in [2.75, 3.05) is 0 Å². The minimum absolute atomic E-state index is 0.00625. The predicted molar refractivity (Wildman–Crippen MR) is 76.8 cm³/mol. The highest BCUT2D eigenvalue weighted by Gasteiger charge is 2.09. The van der Waals surface area contributed by atoms with Crippen LogP contribution in [0.25, 0.3) is 0 Å². The summed E-state index contributed by atoms with van der Waals surface area (Å²) in [4.78, 5) is 15.7. The number of nitrogens with one attached hydrogen (secondary N) is 1. The molecular formula is C13H8Cl3FN2O. The van der Waals surface area contributed by atoms with Crippen molar-refractivity contribution in [3.05, 3.63) is 62.6 Å². The van der Waals surface area contributed by atoms with Crippen LogP contribution in [0.2, 0.25) is 15.3 Å². The molecule has 0 atom stereocenters. The van der Waals surface area contributed by atoms with Gasteiger partial charge in [0.2, 0.25) is 0 Å². The number of amides is 1. The van der Waals surface area contributed by atoms with Gasteiger partial charge in [0.05, 0.1) is 5.02 Å². The summed E-state index contributed by atoms with van der Waals surface area (Å²) in [5.41, 5.74) is 0.971. The molecule has 1 aromatic heterocycles. The fourth-order valence-electron chi connectivity index (χ4n) is 1.53. The first-order valence-electron chi connectivity index (χ1n) is 5.51. The number of carbonyl (C=O) groups is 1. The van der Waals surface area contributed by atoms with Crippen LogP contribution in [0.15, 0.2) is 30.3 Å². The largest absolute Gasteiger partial charge is 0.348 e. The zero-order valence-corrected chi connectivity index (χ0v) is 12.2. The summed E-state index contributed by atoms with van der Waals surface area (Å²) in [5.74, 6) is -0.869. The summed E-state index contributed by atoms with van der Waals surface area (Å²) in [5, 5.41) is 2.92. The van der Waals surface area contributed by atoms with Crippen LogP contribution in [-0.2, 0) is 6.54 Å². The molecule has 3 nitrogen and oxygen atoms in total. The van der Waals surface area contributed by atoms with Gasteiger partial charge in [-0.2, -0.15) is 0 Å². The van der Waals surface area contributed by atoms with Gasteiger partial charge in [-0.3, -0.25) is 4.79 Å². The number of aromatic nitrogens is 1. The molecule has 0 saturated heterocycles. The Morgan fingerprint density at radius 3 is 2.40 bits per heavy atom. The molecule has 0 bridgehead atoms. The molecule has 0 aliphatic rings. The maximum Gasteiger partial charge on any atom is 0.251 e. The molecule has 0 unspecified atom stereocenters. The van der Waals surface area contributed by atoms with Crippen molar-refractivity contribution in [1.82, 2.24) is 10.3 Å². The smallest absolute Gasteiger partial charge is 0.251 e. The summed E-state index contributed by atoms with van der Waals surface area (Å²) >= 11 is 17.1. The van der Waals surface area contributed by atoms with E-state index in [1.165, 1.54) is 30.3 Å². The van der Waals surface area contributed by atoms with Crippen LogP contribution in [-0.4, -0.2) is 10.9 Å². The third kappa shape index (κ3) is 3.82. The number of nitrogens with zero attached hydrogens (tertiary/aromatic N) is 1. The fraction of sp³-hybridized carbons (Fsp3) is 0.0769. The van der Waals surface area contributed by atoms with Crippen LogP contribution >= 0.6 is 34.8 Å². The third-order valence-electron chi connectivity index (χ3n) is 2.46. The number of hydrogen-bond acceptors (Lipinski definition) is 2. The minimum Gasteiger partial charge on any atom is -0.348 e. The quantitative estimate of drug-likeness (QED) is 0.859. The predicted octanol–water partition coefficient (Wildman–Crippen LogP) is 4.11. The summed E-state index contributed by atoms with van der Waals surface area (Å²) < 4.78 is 13.0. The lowest BCUT2D eigenvalue weighted by Gasteiger charge is -2.06. The molecule has 20 heavy (non-hydrogen) atoms. The van der Waals surface area contributed by atoms with E-state index in [2.05, 4.69) is 10.3 Å². The molecule has 0 aliphatic heterocycles. The second-order valence-electron chi connectivity index (χ2n) is 3.93. The van der Waals surface area contributed by atoms with Crippen LogP contribution in [0.1, 0.15) is 15.9 Å². The molecule has 104 valence electrons. The van der Waals surface area contributed by atoms with E-state index in [-0.39, 0.29) is 27.8 Å². The van der Waals surface area contributed by atoms with Crippen LogP contribution < -0.4 is 5.32 Å². The standard InChI is InChI=1S/C13H8Cl3FN2O/c14-9-3-7(1-2-10(9)17)6-18-13(20)8-4-11(15)19-12(16)5-8/h1-5H,6H2,(H,18,20). The molecule has 0 spiro atoms. The molecule has 2 rings (SSSR count). The molecule has 1 N–H and O–H groups in total. The van der Waals surface area contributed by atoms with Crippen molar-refractivity contribution in [2.45, 2.75) is 6.54 Å². The zero-order valence-electron chi connectivity index (χ0n) is 9.96. The first-order valence-corrected chi connectivity index (χ1v) is 6.64. The number of benzene rings is 1. The number of rotatable bonds is 3. The van der Waals surface area contributed by atoms with Gasteiger partial charge in [0, 0.05) is 12.1 Å². The maximum absolute atomic E-state index is 13.0. The summed E-state index contributed by atoms with van der Waals surface area (Å²) in [6.07, 6.45) is 0. The molecule has 0 fully saturated rings. The Kier molecular flexibility index (Phi) is 4.81. The minimum atomic E-state index is -0.505. The second-order valence-corrected chi connectivity index (χ2v) is 5.11. The van der Waals surface area contributed by atoms with E-state index in [4.69, 9.17) is 34.8 Å². The molecule has 1 heterocycles. The number of halogens is 4. The van der Waals surface area contributed by atoms with Gasteiger partial charge in [-0.1, -0.05) is 40.9 Å². The van der Waals surface area contributed by atoms with Gasteiger partial charge in [0.1, 0.15) is 16.1 Å². The molecule has 1 amide bonds.